The van der Waals surface area contributed by atoms with Crippen molar-refractivity contribution in [2.45, 2.75) is 58.9 Å². The van der Waals surface area contributed by atoms with Gasteiger partial charge in [-0.15, -0.1) is 0 Å². The summed E-state index contributed by atoms with van der Waals surface area (Å²) in [5, 5.41) is 0. The molecule has 2 nitrogen and oxygen atoms in total. The fourth-order valence-corrected chi connectivity index (χ4v) is 4.87. The van der Waals surface area contributed by atoms with Gasteiger partial charge in [0.25, 0.3) is 0 Å². The molecule has 2 aliphatic carbocycles. The Morgan fingerprint density at radius 1 is 1.15 bits per heavy atom. The molecule has 2 heteroatoms. The van der Waals surface area contributed by atoms with Crippen molar-refractivity contribution in [1.29, 1.82) is 0 Å². The number of hydrogen-bond donors (Lipinski definition) is 2. The van der Waals surface area contributed by atoms with Crippen LogP contribution in [-0.4, -0.2) is 6.04 Å². The van der Waals surface area contributed by atoms with E-state index in [1.54, 1.807) is 0 Å². The summed E-state index contributed by atoms with van der Waals surface area (Å²) in [6.07, 6.45) is 6.82. The fraction of sp³-hybridized carbons (Fsp3) is 0.667. The summed E-state index contributed by atoms with van der Waals surface area (Å²) < 4.78 is 0. The van der Waals surface area contributed by atoms with E-state index in [0.29, 0.717) is 6.04 Å². The Morgan fingerprint density at radius 3 is 2.35 bits per heavy atom. The molecule has 2 bridgehead atoms. The summed E-state index contributed by atoms with van der Waals surface area (Å²) in [6.45, 7) is 6.66. The van der Waals surface area contributed by atoms with E-state index in [2.05, 4.69) is 38.3 Å². The Bertz CT molecular complexity index is 471. The summed E-state index contributed by atoms with van der Waals surface area (Å²) in [5.41, 5.74) is 8.85. The third-order valence-electron chi connectivity index (χ3n) is 5.79. The van der Waals surface area contributed by atoms with Gasteiger partial charge in [-0.2, -0.15) is 0 Å². The van der Waals surface area contributed by atoms with E-state index in [9.17, 15) is 0 Å². The van der Waals surface area contributed by atoms with Crippen LogP contribution in [0.25, 0.3) is 0 Å². The maximum Gasteiger partial charge on any atom is 0.0282 e. The summed E-state index contributed by atoms with van der Waals surface area (Å²) in [4.78, 5) is 0. The Kier molecular flexibility index (Phi) is 3.87. The number of hydrogen-bond acceptors (Lipinski definition) is 2. The van der Waals surface area contributed by atoms with Crippen LogP contribution in [0.5, 0.6) is 0 Å². The molecule has 4 unspecified atom stereocenters. The zero-order chi connectivity index (χ0) is 14.3. The molecule has 110 valence electrons. The summed E-state index contributed by atoms with van der Waals surface area (Å²) in [6, 6.07) is 5.05. The van der Waals surface area contributed by atoms with E-state index < -0.39 is 0 Å². The first-order chi connectivity index (χ1) is 9.58. The van der Waals surface area contributed by atoms with Crippen LogP contribution >= 0.6 is 0 Å². The summed E-state index contributed by atoms with van der Waals surface area (Å²) >= 11 is 0. The van der Waals surface area contributed by atoms with Crippen LogP contribution in [0.2, 0.25) is 0 Å². The topological polar surface area (TPSA) is 38.0 Å². The van der Waals surface area contributed by atoms with Gasteiger partial charge in [-0.25, -0.2) is 0 Å². The van der Waals surface area contributed by atoms with E-state index in [1.807, 2.05) is 0 Å². The molecule has 1 aromatic rings. The molecule has 0 saturated heterocycles. The zero-order valence-corrected chi connectivity index (χ0v) is 13.1. The third-order valence-corrected chi connectivity index (χ3v) is 5.79. The van der Waals surface area contributed by atoms with Gasteiger partial charge in [0.05, 0.1) is 0 Å². The molecule has 3 rings (SSSR count). The van der Waals surface area contributed by atoms with E-state index in [-0.39, 0.29) is 0 Å². The summed E-state index contributed by atoms with van der Waals surface area (Å²) in [5.74, 6) is 8.61. The first-order valence-corrected chi connectivity index (χ1v) is 8.11. The lowest BCUT2D eigenvalue weighted by Gasteiger charge is -2.31. The molecule has 2 aliphatic rings. The van der Waals surface area contributed by atoms with Crippen molar-refractivity contribution >= 4 is 0 Å². The molecule has 0 aliphatic heterocycles. The Labute approximate surface area is 123 Å². The molecule has 20 heavy (non-hydrogen) atoms. The number of nitrogens with two attached hydrogens (primary N) is 1. The monoisotopic (exact) mass is 272 g/mol. The first kappa shape index (κ1) is 14.1. The second-order valence-corrected chi connectivity index (χ2v) is 7.19. The SMILES string of the molecule is Cc1cc(C)c(CC(NN)C2CC3CCC2C3)c(C)c1. The van der Waals surface area contributed by atoms with Crippen molar-refractivity contribution in [3.63, 3.8) is 0 Å². The molecular weight excluding hydrogens is 244 g/mol. The molecule has 1 aromatic carbocycles. The van der Waals surface area contributed by atoms with Gasteiger partial charge in [0.1, 0.15) is 0 Å². The number of rotatable bonds is 4. The molecule has 0 spiro atoms. The normalized spacial score (nSPS) is 29.9. The fourth-order valence-electron chi connectivity index (χ4n) is 4.87. The van der Waals surface area contributed by atoms with Crippen LogP contribution < -0.4 is 11.3 Å². The summed E-state index contributed by atoms with van der Waals surface area (Å²) in [7, 11) is 0. The average molecular weight is 272 g/mol. The van der Waals surface area contributed by atoms with E-state index in [1.165, 1.54) is 47.9 Å². The van der Waals surface area contributed by atoms with Crippen molar-refractivity contribution in [1.82, 2.24) is 5.43 Å². The van der Waals surface area contributed by atoms with Crippen LogP contribution in [-0.2, 0) is 6.42 Å². The predicted octanol–water partition coefficient (Wildman–Crippen LogP) is 3.42. The Morgan fingerprint density at radius 2 is 1.85 bits per heavy atom. The molecule has 0 radical (unpaired) electrons. The second-order valence-electron chi connectivity index (χ2n) is 7.19. The lowest BCUT2D eigenvalue weighted by atomic mass is 9.80. The Balaban J connectivity index is 1.78. The van der Waals surface area contributed by atoms with Crippen LogP contribution in [0, 0.1) is 38.5 Å². The van der Waals surface area contributed by atoms with E-state index in [4.69, 9.17) is 5.84 Å². The lowest BCUT2D eigenvalue weighted by Crippen LogP contribution is -2.44. The molecule has 0 aromatic heterocycles. The van der Waals surface area contributed by atoms with Gasteiger partial charge >= 0.3 is 0 Å². The van der Waals surface area contributed by atoms with Gasteiger partial charge in [0.15, 0.2) is 0 Å². The quantitative estimate of drug-likeness (QED) is 0.651. The minimum atomic E-state index is 0.449. The predicted molar refractivity (Wildman–Crippen MR) is 84.4 cm³/mol. The largest absolute Gasteiger partial charge is 0.271 e. The molecule has 0 heterocycles. The van der Waals surface area contributed by atoms with Gasteiger partial charge in [-0.05, 0) is 80.9 Å². The number of hydrazine groups is 1. The van der Waals surface area contributed by atoms with Crippen molar-refractivity contribution in [2.24, 2.45) is 23.6 Å². The molecule has 0 amide bonds. The number of aryl methyl sites for hydroxylation is 3. The van der Waals surface area contributed by atoms with Crippen molar-refractivity contribution in [3.05, 3.63) is 34.4 Å². The van der Waals surface area contributed by atoms with E-state index in [0.717, 1.165) is 24.2 Å². The minimum absolute atomic E-state index is 0.449. The van der Waals surface area contributed by atoms with Gasteiger partial charge in [0, 0.05) is 6.04 Å². The van der Waals surface area contributed by atoms with Crippen molar-refractivity contribution < 1.29 is 0 Å². The molecule has 4 atom stereocenters. The molecule has 3 N–H and O–H groups in total. The lowest BCUT2D eigenvalue weighted by molar-refractivity contribution is 0.248. The number of fused-ring (bicyclic) bond motifs is 2. The minimum Gasteiger partial charge on any atom is -0.271 e. The smallest absolute Gasteiger partial charge is 0.0282 e. The molecule has 2 fully saturated rings. The van der Waals surface area contributed by atoms with Crippen molar-refractivity contribution in [3.8, 4) is 0 Å². The van der Waals surface area contributed by atoms with E-state index >= 15 is 0 Å². The second kappa shape index (κ2) is 5.50. The van der Waals surface area contributed by atoms with Crippen LogP contribution in [0.4, 0.5) is 0 Å². The van der Waals surface area contributed by atoms with Crippen molar-refractivity contribution in [2.75, 3.05) is 0 Å². The maximum atomic E-state index is 5.91. The first-order valence-electron chi connectivity index (χ1n) is 8.11. The van der Waals surface area contributed by atoms with Gasteiger partial charge in [0.2, 0.25) is 0 Å². The number of nitrogens with one attached hydrogen (secondary N) is 1. The van der Waals surface area contributed by atoms with Gasteiger partial charge in [-0.3, -0.25) is 11.3 Å². The van der Waals surface area contributed by atoms with Gasteiger partial charge in [-0.1, -0.05) is 24.1 Å². The standard InChI is InChI=1S/C18H28N2/c1-11-6-12(2)16(13(3)7-11)10-18(20-19)17-9-14-4-5-15(17)8-14/h6-7,14-15,17-18,20H,4-5,8-10,19H2,1-3H3. The molecule has 2 saturated carbocycles. The highest BCUT2D eigenvalue weighted by atomic mass is 15.2. The third kappa shape index (κ3) is 2.51. The van der Waals surface area contributed by atoms with Gasteiger partial charge < -0.3 is 0 Å². The zero-order valence-electron chi connectivity index (χ0n) is 13.1. The number of benzene rings is 1. The molecular formula is C18H28N2. The van der Waals surface area contributed by atoms with Crippen LogP contribution in [0.15, 0.2) is 12.1 Å². The highest BCUT2D eigenvalue weighted by Gasteiger charge is 2.42. The van der Waals surface area contributed by atoms with Crippen LogP contribution in [0.1, 0.15) is 47.9 Å². The van der Waals surface area contributed by atoms with Crippen LogP contribution in [0.3, 0.4) is 0 Å². The maximum absolute atomic E-state index is 5.91. The highest BCUT2D eigenvalue weighted by Crippen LogP contribution is 2.49. The highest BCUT2D eigenvalue weighted by molar-refractivity contribution is 5.38. The average Bonchev–Trinajstić information content (AvgIpc) is 3.00. The Hall–Kier alpha value is -0.860.